The van der Waals surface area contributed by atoms with Crippen LogP contribution in [-0.2, 0) is 4.74 Å². The van der Waals surface area contributed by atoms with Crippen LogP contribution in [0.3, 0.4) is 0 Å². The molecule has 1 aromatic carbocycles. The number of aryl methyl sites for hydroxylation is 1. The zero-order chi connectivity index (χ0) is 15.0. The van der Waals surface area contributed by atoms with Crippen LogP contribution in [-0.4, -0.2) is 51.2 Å². The molecule has 0 aromatic heterocycles. The summed E-state index contributed by atoms with van der Waals surface area (Å²) in [6.45, 7) is 4.84. The number of anilines is 1. The number of nitrogens with two attached hydrogens (primary N) is 1. The predicted molar refractivity (Wildman–Crippen MR) is 80.7 cm³/mol. The molecule has 0 unspecified atom stereocenters. The molecule has 6 heteroatoms. The first-order chi connectivity index (χ1) is 9.58. The van der Waals surface area contributed by atoms with Gasteiger partial charge in [0.15, 0.2) is 0 Å². The number of amides is 1. The lowest BCUT2D eigenvalue weighted by molar-refractivity contribution is 0.0947. The van der Waals surface area contributed by atoms with Gasteiger partial charge in [-0.3, -0.25) is 10.6 Å². The van der Waals surface area contributed by atoms with Gasteiger partial charge in [0, 0.05) is 32.3 Å². The number of nitrogens with zero attached hydrogens (tertiary/aromatic N) is 1. The molecular formula is C14H24N4O2. The highest BCUT2D eigenvalue weighted by Gasteiger charge is 2.07. The van der Waals surface area contributed by atoms with E-state index in [0.717, 1.165) is 24.3 Å². The normalized spacial score (nSPS) is 10.7. The Bertz CT molecular complexity index is 437. The number of methoxy groups -OCH3 is 1. The van der Waals surface area contributed by atoms with Gasteiger partial charge in [0.05, 0.1) is 12.3 Å². The zero-order valence-corrected chi connectivity index (χ0v) is 12.4. The molecule has 0 aliphatic carbocycles. The van der Waals surface area contributed by atoms with Crippen LogP contribution in [0.4, 0.5) is 5.69 Å². The summed E-state index contributed by atoms with van der Waals surface area (Å²) in [5.74, 6) is 5.29. The largest absolute Gasteiger partial charge is 0.383 e. The minimum atomic E-state index is -0.0724. The smallest absolute Gasteiger partial charge is 0.251 e. The van der Waals surface area contributed by atoms with Crippen LogP contribution < -0.4 is 16.6 Å². The highest BCUT2D eigenvalue weighted by molar-refractivity contribution is 5.94. The van der Waals surface area contributed by atoms with Crippen molar-refractivity contribution in [2.75, 3.05) is 45.8 Å². The van der Waals surface area contributed by atoms with Crippen molar-refractivity contribution in [2.45, 2.75) is 6.92 Å². The minimum Gasteiger partial charge on any atom is -0.383 e. The second-order valence-corrected chi connectivity index (χ2v) is 4.73. The number of likely N-dealkylation sites (N-methyl/N-ethyl adjacent to an activating group) is 1. The standard InChI is InChI=1S/C14H24N4O2/c1-11-10-12(4-5-13(11)17-15)14(19)16-6-7-18(2)8-9-20-3/h4-5,10,17H,6-9,15H2,1-3H3,(H,16,19). The van der Waals surface area contributed by atoms with Crippen molar-refractivity contribution in [1.82, 2.24) is 10.2 Å². The number of hydrogen-bond acceptors (Lipinski definition) is 5. The Morgan fingerprint density at radius 2 is 2.15 bits per heavy atom. The van der Waals surface area contributed by atoms with Crippen LogP contribution in [0.1, 0.15) is 15.9 Å². The fourth-order valence-corrected chi connectivity index (χ4v) is 1.79. The lowest BCUT2D eigenvalue weighted by atomic mass is 10.1. The highest BCUT2D eigenvalue weighted by atomic mass is 16.5. The van der Waals surface area contributed by atoms with Crippen LogP contribution in [0.15, 0.2) is 18.2 Å². The summed E-state index contributed by atoms with van der Waals surface area (Å²) in [7, 11) is 3.68. The topological polar surface area (TPSA) is 79.6 Å². The van der Waals surface area contributed by atoms with Crippen molar-refractivity contribution >= 4 is 11.6 Å². The summed E-state index contributed by atoms with van der Waals surface area (Å²) in [5, 5.41) is 2.90. The van der Waals surface area contributed by atoms with Crippen LogP contribution in [0.2, 0.25) is 0 Å². The molecule has 1 amide bonds. The Hall–Kier alpha value is -1.63. The number of nitrogens with one attached hydrogen (secondary N) is 2. The average Bonchev–Trinajstić information content (AvgIpc) is 2.44. The molecule has 0 atom stereocenters. The van der Waals surface area contributed by atoms with E-state index in [9.17, 15) is 4.79 Å². The predicted octanol–water partition coefficient (Wildman–Crippen LogP) is 0.589. The lowest BCUT2D eigenvalue weighted by Gasteiger charge is -2.16. The van der Waals surface area contributed by atoms with Crippen molar-refractivity contribution < 1.29 is 9.53 Å². The van der Waals surface area contributed by atoms with Crippen molar-refractivity contribution in [3.05, 3.63) is 29.3 Å². The van der Waals surface area contributed by atoms with Crippen molar-refractivity contribution in [1.29, 1.82) is 0 Å². The Morgan fingerprint density at radius 3 is 2.75 bits per heavy atom. The number of ether oxygens (including phenoxy) is 1. The molecule has 20 heavy (non-hydrogen) atoms. The quantitative estimate of drug-likeness (QED) is 0.480. The first-order valence-corrected chi connectivity index (χ1v) is 6.61. The van der Waals surface area contributed by atoms with E-state index in [1.807, 2.05) is 20.0 Å². The molecule has 0 heterocycles. The summed E-state index contributed by atoms with van der Waals surface area (Å²) < 4.78 is 5.00. The number of carbonyl (C=O) groups excluding carboxylic acids is 1. The van der Waals surface area contributed by atoms with E-state index in [0.29, 0.717) is 18.7 Å². The number of hydrazine groups is 1. The van der Waals surface area contributed by atoms with Gasteiger partial charge in [0.1, 0.15) is 0 Å². The van der Waals surface area contributed by atoms with Crippen molar-refractivity contribution in [3.8, 4) is 0 Å². The molecule has 1 rings (SSSR count). The molecule has 0 bridgehead atoms. The Labute approximate surface area is 120 Å². The van der Waals surface area contributed by atoms with E-state index >= 15 is 0 Å². The first kappa shape index (κ1) is 16.4. The van der Waals surface area contributed by atoms with Crippen LogP contribution in [0.5, 0.6) is 0 Å². The zero-order valence-electron chi connectivity index (χ0n) is 12.4. The van der Waals surface area contributed by atoms with Gasteiger partial charge < -0.3 is 20.4 Å². The Morgan fingerprint density at radius 1 is 1.40 bits per heavy atom. The second kappa shape index (κ2) is 8.52. The minimum absolute atomic E-state index is 0.0724. The van der Waals surface area contributed by atoms with E-state index < -0.39 is 0 Å². The van der Waals surface area contributed by atoms with Gasteiger partial charge in [0.2, 0.25) is 0 Å². The van der Waals surface area contributed by atoms with E-state index in [1.54, 1.807) is 19.2 Å². The lowest BCUT2D eigenvalue weighted by Crippen LogP contribution is -2.34. The van der Waals surface area contributed by atoms with E-state index in [4.69, 9.17) is 10.6 Å². The SMILES string of the molecule is COCCN(C)CCNC(=O)c1ccc(NN)c(C)c1. The molecule has 4 N–H and O–H groups in total. The number of carbonyl (C=O) groups is 1. The van der Waals surface area contributed by atoms with E-state index in [2.05, 4.69) is 15.6 Å². The monoisotopic (exact) mass is 280 g/mol. The summed E-state index contributed by atoms with van der Waals surface area (Å²) in [4.78, 5) is 14.1. The Kier molecular flexibility index (Phi) is 7.00. The molecule has 0 aliphatic heterocycles. The van der Waals surface area contributed by atoms with Crippen LogP contribution in [0, 0.1) is 6.92 Å². The van der Waals surface area contributed by atoms with Crippen LogP contribution >= 0.6 is 0 Å². The number of benzene rings is 1. The highest BCUT2D eigenvalue weighted by Crippen LogP contribution is 2.14. The van der Waals surface area contributed by atoms with Crippen molar-refractivity contribution in [3.63, 3.8) is 0 Å². The summed E-state index contributed by atoms with van der Waals surface area (Å²) >= 11 is 0. The maximum atomic E-state index is 12.0. The third-order valence-corrected chi connectivity index (χ3v) is 3.10. The fourth-order valence-electron chi connectivity index (χ4n) is 1.79. The molecule has 0 radical (unpaired) electrons. The summed E-state index contributed by atoms with van der Waals surface area (Å²) in [6.07, 6.45) is 0. The molecule has 0 saturated heterocycles. The van der Waals surface area contributed by atoms with E-state index in [-0.39, 0.29) is 5.91 Å². The number of nitrogen functional groups attached to an aromatic ring is 1. The third kappa shape index (κ3) is 5.16. The number of hydrogen-bond donors (Lipinski definition) is 3. The third-order valence-electron chi connectivity index (χ3n) is 3.10. The first-order valence-electron chi connectivity index (χ1n) is 6.61. The maximum absolute atomic E-state index is 12.0. The van der Waals surface area contributed by atoms with Gasteiger partial charge in [-0.1, -0.05) is 0 Å². The molecule has 0 fully saturated rings. The van der Waals surface area contributed by atoms with Gasteiger partial charge in [-0.2, -0.15) is 0 Å². The van der Waals surface area contributed by atoms with Gasteiger partial charge in [-0.15, -0.1) is 0 Å². The fraction of sp³-hybridized carbons (Fsp3) is 0.500. The molecule has 6 nitrogen and oxygen atoms in total. The van der Waals surface area contributed by atoms with Gasteiger partial charge in [0.25, 0.3) is 5.91 Å². The van der Waals surface area contributed by atoms with Gasteiger partial charge >= 0.3 is 0 Å². The second-order valence-electron chi connectivity index (χ2n) is 4.73. The van der Waals surface area contributed by atoms with E-state index in [1.165, 1.54) is 0 Å². The van der Waals surface area contributed by atoms with Gasteiger partial charge in [-0.05, 0) is 37.7 Å². The molecule has 0 spiro atoms. The van der Waals surface area contributed by atoms with Crippen molar-refractivity contribution in [2.24, 2.45) is 5.84 Å². The Balaban J connectivity index is 2.41. The molecule has 1 aromatic rings. The van der Waals surface area contributed by atoms with Gasteiger partial charge in [-0.25, -0.2) is 0 Å². The molecule has 112 valence electrons. The summed E-state index contributed by atoms with van der Waals surface area (Å²) in [6, 6.07) is 5.38. The number of rotatable bonds is 8. The summed E-state index contributed by atoms with van der Waals surface area (Å²) in [5.41, 5.74) is 4.99. The molecule has 0 aliphatic rings. The molecule has 0 saturated carbocycles. The molecular weight excluding hydrogens is 256 g/mol. The maximum Gasteiger partial charge on any atom is 0.251 e. The van der Waals surface area contributed by atoms with Crippen LogP contribution in [0.25, 0.3) is 0 Å². The average molecular weight is 280 g/mol.